The maximum absolute atomic E-state index is 7.27. The van der Waals surface area contributed by atoms with Gasteiger partial charge in [0.1, 0.15) is 11.9 Å². The summed E-state index contributed by atoms with van der Waals surface area (Å²) in [5, 5.41) is 1.10. The van der Waals surface area contributed by atoms with E-state index in [0.717, 1.165) is 57.8 Å². The van der Waals surface area contributed by atoms with Crippen LogP contribution in [0.2, 0.25) is 0 Å². The summed E-state index contributed by atoms with van der Waals surface area (Å²) in [5.41, 5.74) is 6.10. The SMILES string of the molecule is Cl[N+]12C=CN=CC1=C(C1CC(N3CCCC3)C1)N=C2c1ccc2ccc(-c3ccccc3)nc2c1. The van der Waals surface area contributed by atoms with Crippen molar-refractivity contribution < 1.29 is 4.00 Å². The van der Waals surface area contributed by atoms with Crippen LogP contribution in [-0.2, 0) is 0 Å². The molecular weight excluding hydrogens is 454 g/mol. The Morgan fingerprint density at radius 2 is 1.71 bits per heavy atom. The van der Waals surface area contributed by atoms with Crippen molar-refractivity contribution in [2.24, 2.45) is 15.9 Å². The number of allylic oxidation sites excluding steroid dienone is 2. The monoisotopic (exact) mass is 480 g/mol. The first kappa shape index (κ1) is 21.2. The molecule has 1 atom stereocenters. The molecule has 1 unspecified atom stereocenters. The Hall–Kier alpha value is -3.12. The quantitative estimate of drug-likeness (QED) is 0.412. The first-order chi connectivity index (χ1) is 17.2. The van der Waals surface area contributed by atoms with E-state index >= 15 is 0 Å². The molecule has 7 rings (SSSR count). The summed E-state index contributed by atoms with van der Waals surface area (Å²) < 4.78 is 0.0492. The zero-order valence-electron chi connectivity index (χ0n) is 19.5. The molecule has 0 amide bonds. The number of pyridine rings is 1. The maximum atomic E-state index is 7.27. The summed E-state index contributed by atoms with van der Waals surface area (Å²) in [4.78, 5) is 17.2. The van der Waals surface area contributed by atoms with E-state index in [1.807, 2.05) is 30.6 Å². The smallest absolute Gasteiger partial charge is 0.263 e. The molecule has 1 aliphatic carbocycles. The number of halogens is 1. The predicted octanol–water partition coefficient (Wildman–Crippen LogP) is 6.27. The van der Waals surface area contributed by atoms with Gasteiger partial charge >= 0.3 is 0 Å². The van der Waals surface area contributed by atoms with Gasteiger partial charge in [0.25, 0.3) is 5.84 Å². The molecule has 2 aromatic carbocycles. The minimum Gasteiger partial charge on any atom is -0.300 e. The Kier molecular flexibility index (Phi) is 4.98. The van der Waals surface area contributed by atoms with Gasteiger partial charge in [-0.3, -0.25) is 4.99 Å². The highest BCUT2D eigenvalue weighted by atomic mass is 35.5. The standard InChI is InChI=1S/C29H27ClN5/c30-35-15-12-31-19-27(35)28(23-16-24(17-23)34-13-4-5-14-34)33-29(35)22-9-8-21-10-11-25(32-26(21)18-22)20-6-2-1-3-7-20/h1-3,6-12,15,18-19,23-24H,4-5,13-14,16-17H2/q+1. The molecule has 35 heavy (non-hydrogen) atoms. The van der Waals surface area contributed by atoms with E-state index in [1.54, 1.807) is 6.20 Å². The molecule has 1 aromatic heterocycles. The Morgan fingerprint density at radius 3 is 2.54 bits per heavy atom. The second-order valence-electron chi connectivity index (χ2n) is 9.95. The van der Waals surface area contributed by atoms with Gasteiger partial charge in [0.2, 0.25) is 5.70 Å². The van der Waals surface area contributed by atoms with Gasteiger partial charge in [-0.05, 0) is 57.0 Å². The van der Waals surface area contributed by atoms with Gasteiger partial charge in [-0.25, -0.2) is 4.98 Å². The number of fused-ring (bicyclic) bond motifs is 2. The molecule has 4 aliphatic rings. The lowest BCUT2D eigenvalue weighted by Crippen LogP contribution is -2.44. The highest BCUT2D eigenvalue weighted by Gasteiger charge is 2.50. The third-order valence-electron chi connectivity index (χ3n) is 7.88. The first-order valence-electron chi connectivity index (χ1n) is 12.5. The third kappa shape index (κ3) is 3.49. The van der Waals surface area contributed by atoms with E-state index in [4.69, 9.17) is 21.8 Å². The molecule has 1 saturated carbocycles. The van der Waals surface area contributed by atoms with Crippen molar-refractivity contribution in [3.05, 3.63) is 90.0 Å². The van der Waals surface area contributed by atoms with Crippen LogP contribution < -0.4 is 0 Å². The molecule has 6 heteroatoms. The Balaban J connectivity index is 1.24. The van der Waals surface area contributed by atoms with Crippen LogP contribution in [0.4, 0.5) is 0 Å². The average Bonchev–Trinajstić information content (AvgIpc) is 3.50. The Morgan fingerprint density at radius 1 is 0.914 bits per heavy atom. The summed E-state index contributed by atoms with van der Waals surface area (Å²) in [6.45, 7) is 2.49. The fraction of sp³-hybridized carbons (Fsp3) is 0.276. The van der Waals surface area contributed by atoms with Crippen LogP contribution in [0.15, 0.2) is 94.4 Å². The molecule has 1 saturated heterocycles. The minimum atomic E-state index is 0.0492. The zero-order chi connectivity index (χ0) is 23.4. The van der Waals surface area contributed by atoms with E-state index in [2.05, 4.69) is 52.4 Å². The fourth-order valence-corrected chi connectivity index (χ4v) is 6.18. The largest absolute Gasteiger partial charge is 0.300 e. The highest BCUT2D eigenvalue weighted by molar-refractivity contribution is 6.20. The number of aliphatic imine (C=N–C) groups is 2. The fourth-order valence-electron chi connectivity index (χ4n) is 5.86. The first-order valence-corrected chi connectivity index (χ1v) is 12.9. The van der Waals surface area contributed by atoms with E-state index in [0.29, 0.717) is 12.0 Å². The van der Waals surface area contributed by atoms with Gasteiger partial charge in [-0.1, -0.05) is 42.5 Å². The van der Waals surface area contributed by atoms with Crippen molar-refractivity contribution in [1.29, 1.82) is 0 Å². The maximum Gasteiger partial charge on any atom is 0.263 e. The van der Waals surface area contributed by atoms with Crippen LogP contribution in [0.5, 0.6) is 0 Å². The summed E-state index contributed by atoms with van der Waals surface area (Å²) in [6.07, 6.45) is 10.6. The van der Waals surface area contributed by atoms with E-state index in [-0.39, 0.29) is 4.00 Å². The van der Waals surface area contributed by atoms with E-state index in [1.165, 1.54) is 25.9 Å². The number of hydrogen-bond donors (Lipinski definition) is 0. The van der Waals surface area contributed by atoms with Crippen LogP contribution in [0.3, 0.4) is 0 Å². The van der Waals surface area contributed by atoms with Crippen molar-refractivity contribution in [3.63, 3.8) is 0 Å². The van der Waals surface area contributed by atoms with Gasteiger partial charge in [-0.2, -0.15) is 4.99 Å². The Labute approximate surface area is 210 Å². The second kappa shape index (κ2) is 8.23. The zero-order valence-corrected chi connectivity index (χ0v) is 20.3. The van der Waals surface area contributed by atoms with Crippen molar-refractivity contribution in [3.8, 4) is 11.3 Å². The second-order valence-corrected chi connectivity index (χ2v) is 10.5. The van der Waals surface area contributed by atoms with Crippen molar-refractivity contribution in [1.82, 2.24) is 9.88 Å². The van der Waals surface area contributed by atoms with Crippen LogP contribution in [0.25, 0.3) is 22.2 Å². The third-order valence-corrected chi connectivity index (χ3v) is 8.33. The molecule has 5 nitrogen and oxygen atoms in total. The van der Waals surface area contributed by atoms with Gasteiger partial charge in [0, 0.05) is 22.9 Å². The molecule has 0 radical (unpaired) electrons. The lowest BCUT2D eigenvalue weighted by molar-refractivity contribution is -0.600. The summed E-state index contributed by atoms with van der Waals surface area (Å²) in [7, 11) is 0. The molecular formula is C29H27ClN5+. The molecule has 0 spiro atoms. The van der Waals surface area contributed by atoms with Crippen LogP contribution in [0, 0.1) is 5.92 Å². The molecule has 0 bridgehead atoms. The Bertz CT molecular complexity index is 1430. The number of nitrogens with zero attached hydrogens (tertiary/aromatic N) is 5. The molecule has 0 N–H and O–H groups in total. The van der Waals surface area contributed by atoms with Gasteiger partial charge in [-0.15, -0.1) is 4.00 Å². The molecule has 174 valence electrons. The highest BCUT2D eigenvalue weighted by Crippen LogP contribution is 2.46. The van der Waals surface area contributed by atoms with Gasteiger partial charge in [0.05, 0.1) is 29.2 Å². The van der Waals surface area contributed by atoms with Crippen molar-refractivity contribution >= 4 is 34.7 Å². The van der Waals surface area contributed by atoms with Gasteiger partial charge < -0.3 is 4.90 Å². The van der Waals surface area contributed by atoms with Crippen LogP contribution in [0.1, 0.15) is 31.2 Å². The van der Waals surface area contributed by atoms with Crippen LogP contribution >= 0.6 is 11.8 Å². The number of rotatable bonds is 4. The number of likely N-dealkylation sites (tertiary alicyclic amines) is 1. The molecule has 3 aromatic rings. The van der Waals surface area contributed by atoms with E-state index < -0.39 is 0 Å². The number of hydrogen-bond acceptors (Lipinski definition) is 4. The normalized spacial score (nSPS) is 27.9. The molecule has 2 fully saturated rings. The van der Waals surface area contributed by atoms with Gasteiger partial charge in [0.15, 0.2) is 11.8 Å². The number of quaternary nitrogens is 1. The minimum absolute atomic E-state index is 0.0492. The average molecular weight is 481 g/mol. The lowest BCUT2D eigenvalue weighted by atomic mass is 9.77. The number of benzene rings is 2. The molecule has 4 heterocycles. The molecule has 3 aliphatic heterocycles. The number of aromatic nitrogens is 1. The number of amidine groups is 1. The lowest BCUT2D eigenvalue weighted by Gasteiger charge is -2.40. The predicted molar refractivity (Wildman–Crippen MR) is 142 cm³/mol. The van der Waals surface area contributed by atoms with Crippen molar-refractivity contribution in [2.45, 2.75) is 31.7 Å². The summed E-state index contributed by atoms with van der Waals surface area (Å²) >= 11 is 7.27. The summed E-state index contributed by atoms with van der Waals surface area (Å²) in [5.74, 6) is 1.27. The van der Waals surface area contributed by atoms with Crippen molar-refractivity contribution in [2.75, 3.05) is 13.1 Å². The van der Waals surface area contributed by atoms with E-state index in [9.17, 15) is 0 Å². The summed E-state index contributed by atoms with van der Waals surface area (Å²) in [6, 6.07) is 21.5. The topological polar surface area (TPSA) is 40.9 Å². The van der Waals surface area contributed by atoms with Crippen LogP contribution in [-0.4, -0.2) is 45.1 Å².